The summed E-state index contributed by atoms with van der Waals surface area (Å²) in [5, 5.41) is 9.04. The van der Waals surface area contributed by atoms with Crippen molar-refractivity contribution in [1.82, 2.24) is 0 Å². The standard InChI is InChI=1S/C19H17NO3S/c1-11-4-5-14(10-12(11)2)13(3)17-18(22)20(19(23)24-17)15-6-8-16(21)9-7-15/h4-10,21H,1-3H3/b17-13-. The zero-order chi connectivity index (χ0) is 17.4. The van der Waals surface area contributed by atoms with Gasteiger partial charge in [-0.25, -0.2) is 4.90 Å². The summed E-state index contributed by atoms with van der Waals surface area (Å²) >= 11 is 0.948. The van der Waals surface area contributed by atoms with Gasteiger partial charge < -0.3 is 5.11 Å². The van der Waals surface area contributed by atoms with Crippen LogP contribution in [0, 0.1) is 13.8 Å². The van der Waals surface area contributed by atoms with Gasteiger partial charge in [0.2, 0.25) is 0 Å². The number of amides is 2. The highest BCUT2D eigenvalue weighted by molar-refractivity contribution is 8.19. The number of aryl methyl sites for hydroxylation is 2. The summed E-state index contributed by atoms with van der Waals surface area (Å²) < 4.78 is 0. The van der Waals surface area contributed by atoms with Crippen LogP contribution in [0.3, 0.4) is 0 Å². The Morgan fingerprint density at radius 2 is 1.67 bits per heavy atom. The van der Waals surface area contributed by atoms with Crippen LogP contribution in [-0.4, -0.2) is 16.3 Å². The molecule has 5 heteroatoms. The van der Waals surface area contributed by atoms with E-state index in [1.807, 2.05) is 39.0 Å². The molecule has 0 unspecified atom stereocenters. The van der Waals surface area contributed by atoms with E-state index >= 15 is 0 Å². The molecule has 2 aromatic carbocycles. The normalized spacial score (nSPS) is 16.7. The van der Waals surface area contributed by atoms with E-state index in [2.05, 4.69) is 0 Å². The first kappa shape index (κ1) is 16.3. The van der Waals surface area contributed by atoms with E-state index in [0.29, 0.717) is 10.6 Å². The van der Waals surface area contributed by atoms with E-state index in [0.717, 1.165) is 33.4 Å². The van der Waals surface area contributed by atoms with Gasteiger partial charge in [-0.05, 0) is 79.1 Å². The molecule has 1 N–H and O–H groups in total. The maximum absolute atomic E-state index is 12.7. The Hall–Kier alpha value is -2.53. The summed E-state index contributed by atoms with van der Waals surface area (Å²) in [4.78, 5) is 26.6. The second kappa shape index (κ2) is 6.17. The maximum atomic E-state index is 12.7. The summed E-state index contributed by atoms with van der Waals surface area (Å²) in [6, 6.07) is 12.0. The number of thioether (sulfide) groups is 1. The van der Waals surface area contributed by atoms with E-state index in [9.17, 15) is 14.7 Å². The molecule has 1 heterocycles. The quantitative estimate of drug-likeness (QED) is 0.810. The van der Waals surface area contributed by atoms with E-state index < -0.39 is 0 Å². The lowest BCUT2D eigenvalue weighted by molar-refractivity contribution is -0.113. The minimum Gasteiger partial charge on any atom is -0.508 e. The lowest BCUT2D eigenvalue weighted by Gasteiger charge is -2.13. The van der Waals surface area contributed by atoms with Crippen molar-refractivity contribution in [3.63, 3.8) is 0 Å². The molecule has 0 aromatic heterocycles. The van der Waals surface area contributed by atoms with Crippen molar-refractivity contribution in [1.29, 1.82) is 0 Å². The number of carbonyl (C=O) groups is 2. The molecule has 2 aromatic rings. The molecule has 0 bridgehead atoms. The summed E-state index contributed by atoms with van der Waals surface area (Å²) in [5.41, 5.74) is 4.52. The van der Waals surface area contributed by atoms with Gasteiger partial charge in [-0.1, -0.05) is 18.2 Å². The van der Waals surface area contributed by atoms with E-state index in [1.54, 1.807) is 12.1 Å². The topological polar surface area (TPSA) is 57.6 Å². The number of allylic oxidation sites excluding steroid dienone is 1. The Labute approximate surface area is 144 Å². The molecule has 0 radical (unpaired) electrons. The summed E-state index contributed by atoms with van der Waals surface area (Å²) in [6.07, 6.45) is 0. The molecule has 24 heavy (non-hydrogen) atoms. The smallest absolute Gasteiger partial charge is 0.298 e. The van der Waals surface area contributed by atoms with Gasteiger partial charge in [-0.3, -0.25) is 9.59 Å². The highest BCUT2D eigenvalue weighted by Crippen LogP contribution is 2.39. The number of nitrogens with zero attached hydrogens (tertiary/aromatic N) is 1. The lowest BCUT2D eigenvalue weighted by atomic mass is 10.0. The van der Waals surface area contributed by atoms with Crippen molar-refractivity contribution in [3.05, 3.63) is 64.1 Å². The van der Waals surface area contributed by atoms with Crippen molar-refractivity contribution in [2.45, 2.75) is 20.8 Å². The van der Waals surface area contributed by atoms with Crippen LogP contribution in [-0.2, 0) is 4.79 Å². The summed E-state index contributed by atoms with van der Waals surface area (Å²) in [5.74, 6) is -0.237. The van der Waals surface area contributed by atoms with E-state index in [4.69, 9.17) is 0 Å². The largest absolute Gasteiger partial charge is 0.508 e. The lowest BCUT2D eigenvalue weighted by Crippen LogP contribution is -2.27. The Bertz CT molecular complexity index is 869. The molecule has 4 nitrogen and oxygen atoms in total. The first-order valence-electron chi connectivity index (χ1n) is 7.52. The monoisotopic (exact) mass is 339 g/mol. The number of benzene rings is 2. The minimum atomic E-state index is -0.330. The molecule has 2 amide bonds. The van der Waals surface area contributed by atoms with Gasteiger partial charge in [0.05, 0.1) is 10.6 Å². The molecular formula is C19H17NO3S. The molecule has 0 aliphatic carbocycles. The predicted molar refractivity (Wildman–Crippen MR) is 97.1 cm³/mol. The predicted octanol–water partition coefficient (Wildman–Crippen LogP) is 4.64. The van der Waals surface area contributed by atoms with Gasteiger partial charge in [0.15, 0.2) is 0 Å². The summed E-state index contributed by atoms with van der Waals surface area (Å²) in [6.45, 7) is 5.92. The summed E-state index contributed by atoms with van der Waals surface area (Å²) in [7, 11) is 0. The third-order valence-corrected chi connectivity index (χ3v) is 5.20. The van der Waals surface area contributed by atoms with Crippen LogP contribution in [0.25, 0.3) is 5.57 Å². The van der Waals surface area contributed by atoms with Gasteiger partial charge in [-0.15, -0.1) is 0 Å². The number of phenolic OH excluding ortho intramolecular Hbond substituents is 1. The second-order valence-electron chi connectivity index (χ2n) is 5.78. The molecule has 0 spiro atoms. The van der Waals surface area contributed by atoms with Gasteiger partial charge in [0.1, 0.15) is 5.75 Å². The molecule has 0 atom stereocenters. The highest BCUT2D eigenvalue weighted by Gasteiger charge is 2.37. The van der Waals surface area contributed by atoms with Crippen LogP contribution in [0.15, 0.2) is 47.4 Å². The van der Waals surface area contributed by atoms with Crippen molar-refractivity contribution < 1.29 is 14.7 Å². The van der Waals surface area contributed by atoms with Crippen molar-refractivity contribution in [2.75, 3.05) is 4.90 Å². The zero-order valence-electron chi connectivity index (χ0n) is 13.7. The van der Waals surface area contributed by atoms with Crippen LogP contribution < -0.4 is 4.90 Å². The number of aromatic hydroxyl groups is 1. The molecule has 1 aliphatic heterocycles. The molecular weight excluding hydrogens is 322 g/mol. The number of hydrogen-bond acceptors (Lipinski definition) is 4. The van der Waals surface area contributed by atoms with Crippen LogP contribution in [0.4, 0.5) is 10.5 Å². The molecule has 122 valence electrons. The average Bonchev–Trinajstić information content (AvgIpc) is 2.85. The third-order valence-electron chi connectivity index (χ3n) is 4.16. The number of hydrogen-bond donors (Lipinski definition) is 1. The fraction of sp³-hybridized carbons (Fsp3) is 0.158. The van der Waals surface area contributed by atoms with Crippen molar-refractivity contribution in [2.24, 2.45) is 0 Å². The average molecular weight is 339 g/mol. The van der Waals surface area contributed by atoms with Gasteiger partial charge >= 0.3 is 0 Å². The van der Waals surface area contributed by atoms with Crippen LogP contribution in [0.2, 0.25) is 0 Å². The molecule has 3 rings (SSSR count). The van der Waals surface area contributed by atoms with E-state index in [-0.39, 0.29) is 16.9 Å². The fourth-order valence-electron chi connectivity index (χ4n) is 2.53. The molecule has 1 fully saturated rings. The number of anilines is 1. The fourth-order valence-corrected chi connectivity index (χ4v) is 3.43. The Morgan fingerprint density at radius 3 is 2.29 bits per heavy atom. The SMILES string of the molecule is C/C(=C1/SC(=O)N(c2ccc(O)cc2)C1=O)c1ccc(C)c(C)c1. The van der Waals surface area contributed by atoms with E-state index in [1.165, 1.54) is 17.7 Å². The first-order valence-corrected chi connectivity index (χ1v) is 8.34. The highest BCUT2D eigenvalue weighted by atomic mass is 32.2. The van der Waals surface area contributed by atoms with Crippen LogP contribution in [0.1, 0.15) is 23.6 Å². The van der Waals surface area contributed by atoms with Gasteiger partial charge in [0.25, 0.3) is 11.1 Å². The molecule has 1 saturated heterocycles. The van der Waals surface area contributed by atoms with Gasteiger partial charge in [-0.2, -0.15) is 0 Å². The van der Waals surface area contributed by atoms with Crippen molar-refractivity contribution in [3.8, 4) is 5.75 Å². The number of rotatable bonds is 2. The first-order chi connectivity index (χ1) is 11.4. The minimum absolute atomic E-state index is 0.0903. The zero-order valence-corrected chi connectivity index (χ0v) is 14.5. The molecule has 0 saturated carbocycles. The number of carbonyl (C=O) groups excluding carboxylic acids is 2. The second-order valence-corrected chi connectivity index (χ2v) is 6.74. The Morgan fingerprint density at radius 1 is 1.00 bits per heavy atom. The Kier molecular flexibility index (Phi) is 4.20. The van der Waals surface area contributed by atoms with Crippen LogP contribution in [0.5, 0.6) is 5.75 Å². The van der Waals surface area contributed by atoms with Crippen LogP contribution >= 0.6 is 11.8 Å². The number of phenols is 1. The molecule has 1 aliphatic rings. The van der Waals surface area contributed by atoms with Crippen molar-refractivity contribution >= 4 is 34.2 Å². The van der Waals surface area contributed by atoms with Gasteiger partial charge in [0, 0.05) is 0 Å². The third kappa shape index (κ3) is 2.83. The maximum Gasteiger partial charge on any atom is 0.298 e. The Balaban J connectivity index is 2.00. The number of imide groups is 1.